The van der Waals surface area contributed by atoms with Crippen molar-refractivity contribution in [2.75, 3.05) is 19.6 Å². The minimum Gasteiger partial charge on any atom is -0.478 e. The van der Waals surface area contributed by atoms with Gasteiger partial charge in [-0.2, -0.15) is 26.3 Å². The second-order valence-electron chi connectivity index (χ2n) is 6.65. The summed E-state index contributed by atoms with van der Waals surface area (Å²) in [6.45, 7) is 0.709. The Morgan fingerprint density at radius 2 is 1.65 bits per heavy atom. The van der Waals surface area contributed by atoms with Crippen molar-refractivity contribution in [3.05, 3.63) is 47.5 Å². The van der Waals surface area contributed by atoms with Crippen LogP contribution in [0.1, 0.15) is 24.0 Å². The largest absolute Gasteiger partial charge is 0.478 e. The molecule has 1 fully saturated rings. The number of hydrogen-bond donors (Lipinski definition) is 3. The molecule has 0 bridgehead atoms. The van der Waals surface area contributed by atoms with Crippen LogP contribution >= 0.6 is 0 Å². The van der Waals surface area contributed by atoms with Crippen LogP contribution in [-0.2, 0) is 22.3 Å². The van der Waals surface area contributed by atoms with Crippen LogP contribution in [0.2, 0.25) is 0 Å². The fraction of sp³-hybridized carbons (Fsp3) is 0.474. The van der Waals surface area contributed by atoms with Gasteiger partial charge in [0.2, 0.25) is 0 Å². The Kier molecular flexibility index (Phi) is 9.98. The van der Waals surface area contributed by atoms with E-state index < -0.39 is 36.3 Å². The molecule has 0 aromatic heterocycles. The lowest BCUT2D eigenvalue weighted by Crippen LogP contribution is -2.39. The van der Waals surface area contributed by atoms with Crippen LogP contribution in [0.25, 0.3) is 0 Å². The molecule has 0 spiro atoms. The van der Waals surface area contributed by atoms with Crippen molar-refractivity contribution in [2.24, 2.45) is 0 Å². The number of benzene rings is 1. The molecule has 12 heteroatoms. The first-order valence-corrected chi connectivity index (χ1v) is 9.10. The van der Waals surface area contributed by atoms with Crippen molar-refractivity contribution >= 4 is 11.9 Å². The molecule has 0 radical (unpaired) electrons. The number of carboxylic acids is 2. The molecule has 0 aliphatic carbocycles. The van der Waals surface area contributed by atoms with Gasteiger partial charge >= 0.3 is 24.3 Å². The number of nitrogens with one attached hydrogen (secondary N) is 1. The summed E-state index contributed by atoms with van der Waals surface area (Å²) < 4.78 is 76.6. The van der Waals surface area contributed by atoms with Crippen molar-refractivity contribution in [3.63, 3.8) is 0 Å². The molecule has 0 unspecified atom stereocenters. The number of hydrogen-bond acceptors (Lipinski definition) is 4. The average molecular weight is 456 g/mol. The van der Waals surface area contributed by atoms with Crippen molar-refractivity contribution in [1.82, 2.24) is 10.2 Å². The lowest BCUT2D eigenvalue weighted by atomic mass is 10.0. The van der Waals surface area contributed by atoms with Crippen LogP contribution < -0.4 is 5.32 Å². The van der Waals surface area contributed by atoms with Gasteiger partial charge in [0.25, 0.3) is 0 Å². The van der Waals surface area contributed by atoms with Gasteiger partial charge in [0.05, 0.1) is 12.0 Å². The fourth-order valence-corrected chi connectivity index (χ4v) is 2.91. The first-order chi connectivity index (χ1) is 14.3. The fourth-order valence-electron chi connectivity index (χ4n) is 2.91. The molecular weight excluding hydrogens is 434 g/mol. The molecule has 1 aliphatic heterocycles. The Morgan fingerprint density at radius 3 is 2.10 bits per heavy atom. The molecule has 1 saturated heterocycles. The summed E-state index contributed by atoms with van der Waals surface area (Å²) in [5, 5.41) is 18.7. The zero-order valence-corrected chi connectivity index (χ0v) is 16.2. The molecule has 3 N–H and O–H groups in total. The summed E-state index contributed by atoms with van der Waals surface area (Å²) in [7, 11) is 0. The minimum absolute atomic E-state index is 0.00840. The molecule has 174 valence electrons. The third-order valence-corrected chi connectivity index (χ3v) is 4.30. The third kappa shape index (κ3) is 10.8. The summed E-state index contributed by atoms with van der Waals surface area (Å²) in [5.74, 6) is -2.51. The molecule has 2 rings (SSSR count). The Bertz CT molecular complexity index is 743. The van der Waals surface area contributed by atoms with Gasteiger partial charge < -0.3 is 15.5 Å². The normalized spacial score (nSPS) is 16.9. The zero-order valence-electron chi connectivity index (χ0n) is 16.2. The molecule has 6 nitrogen and oxygen atoms in total. The molecule has 1 aromatic rings. The number of aliphatic carboxylic acids is 2. The number of carbonyl (C=O) groups is 2. The quantitative estimate of drug-likeness (QED) is 0.430. The number of nitrogens with zero attached hydrogens (tertiary/aromatic N) is 1. The minimum atomic E-state index is -4.51. The first kappa shape index (κ1) is 26.4. The topological polar surface area (TPSA) is 89.9 Å². The molecule has 1 aromatic carbocycles. The van der Waals surface area contributed by atoms with Gasteiger partial charge in [-0.3, -0.25) is 4.90 Å². The maximum absolute atomic E-state index is 13.0. The average Bonchev–Trinajstić information content (AvgIpc) is 3.17. The van der Waals surface area contributed by atoms with Gasteiger partial charge in [0, 0.05) is 37.8 Å². The molecule has 31 heavy (non-hydrogen) atoms. The molecule has 1 atom stereocenters. The van der Waals surface area contributed by atoms with Crippen LogP contribution in [0.5, 0.6) is 0 Å². The second-order valence-corrected chi connectivity index (χ2v) is 6.65. The van der Waals surface area contributed by atoms with Gasteiger partial charge in [-0.25, -0.2) is 9.59 Å². The number of rotatable bonds is 7. The van der Waals surface area contributed by atoms with E-state index in [1.807, 2.05) is 0 Å². The molecular formula is C19H22F6N2O4. The first-order valence-electron chi connectivity index (χ1n) is 9.10. The van der Waals surface area contributed by atoms with E-state index in [9.17, 15) is 35.9 Å². The molecule has 0 amide bonds. The van der Waals surface area contributed by atoms with Crippen LogP contribution in [0.3, 0.4) is 0 Å². The summed E-state index contributed by atoms with van der Waals surface area (Å²) in [6.07, 6.45) is -8.12. The van der Waals surface area contributed by atoms with Crippen molar-refractivity contribution < 1.29 is 46.1 Å². The maximum Gasteiger partial charge on any atom is 0.416 e. The molecule has 1 aliphatic rings. The lowest BCUT2D eigenvalue weighted by molar-refractivity contribution is -0.142. The van der Waals surface area contributed by atoms with Crippen molar-refractivity contribution in [1.29, 1.82) is 0 Å². The van der Waals surface area contributed by atoms with E-state index in [2.05, 4.69) is 5.32 Å². The van der Waals surface area contributed by atoms with E-state index in [0.29, 0.717) is 31.7 Å². The van der Waals surface area contributed by atoms with Crippen molar-refractivity contribution in [2.45, 2.75) is 37.8 Å². The Morgan fingerprint density at radius 1 is 1.06 bits per heavy atom. The van der Waals surface area contributed by atoms with Crippen LogP contribution in [0.4, 0.5) is 26.3 Å². The van der Waals surface area contributed by atoms with E-state index in [0.717, 1.165) is 6.07 Å². The Labute approximate surface area is 174 Å². The zero-order chi connectivity index (χ0) is 23.7. The van der Waals surface area contributed by atoms with Crippen molar-refractivity contribution in [3.8, 4) is 0 Å². The maximum atomic E-state index is 13.0. The van der Waals surface area contributed by atoms with Gasteiger partial charge in [-0.05, 0) is 24.6 Å². The van der Waals surface area contributed by atoms with Gasteiger partial charge in [0.15, 0.2) is 0 Å². The standard InChI is InChI=1S/C15H18F6N2.C4H4O4/c16-14(17,18)6-8-23(12-5-7-22-9-12)10-11-3-1-2-4-13(11)15(19,20)21;5-3(6)1-2-4(7)8/h1-4,12,22H,5-10H2;1-2H,(H,5,6)(H,7,8)/b;2-1+/t12-;/m0./s1. The monoisotopic (exact) mass is 456 g/mol. The third-order valence-electron chi connectivity index (χ3n) is 4.30. The van der Waals surface area contributed by atoms with E-state index in [1.165, 1.54) is 23.1 Å². The highest BCUT2D eigenvalue weighted by Crippen LogP contribution is 2.33. The van der Waals surface area contributed by atoms with E-state index in [1.54, 1.807) is 0 Å². The Hall–Kier alpha value is -2.60. The summed E-state index contributed by atoms with van der Waals surface area (Å²) >= 11 is 0. The van der Waals surface area contributed by atoms with E-state index in [-0.39, 0.29) is 24.7 Å². The smallest absolute Gasteiger partial charge is 0.416 e. The molecule has 0 saturated carbocycles. The molecule has 1 heterocycles. The van der Waals surface area contributed by atoms with Crippen LogP contribution in [-0.4, -0.2) is 58.9 Å². The highest BCUT2D eigenvalue weighted by molar-refractivity contribution is 5.89. The van der Waals surface area contributed by atoms with E-state index >= 15 is 0 Å². The SMILES string of the molecule is FC(F)(F)CCN(Cc1ccccc1C(F)(F)F)[C@H]1CCNC1.O=C(O)/C=C/C(=O)O. The highest BCUT2D eigenvalue weighted by Gasteiger charge is 2.35. The van der Waals surface area contributed by atoms with Crippen LogP contribution in [0, 0.1) is 0 Å². The predicted octanol–water partition coefficient (Wildman–Crippen LogP) is 3.53. The van der Waals surface area contributed by atoms with Crippen LogP contribution in [0.15, 0.2) is 36.4 Å². The van der Waals surface area contributed by atoms with Gasteiger partial charge in [-0.15, -0.1) is 0 Å². The lowest BCUT2D eigenvalue weighted by Gasteiger charge is -2.29. The summed E-state index contributed by atoms with van der Waals surface area (Å²) in [6, 6.07) is 4.86. The highest BCUT2D eigenvalue weighted by atomic mass is 19.4. The number of halogens is 6. The van der Waals surface area contributed by atoms with Gasteiger partial charge in [-0.1, -0.05) is 18.2 Å². The second kappa shape index (κ2) is 11.7. The summed E-state index contributed by atoms with van der Waals surface area (Å²) in [4.78, 5) is 20.6. The Balaban J connectivity index is 0.000000512. The number of alkyl halides is 6. The number of carboxylic acid groups (broad SMARTS) is 2. The van der Waals surface area contributed by atoms with E-state index in [4.69, 9.17) is 10.2 Å². The summed E-state index contributed by atoms with van der Waals surface area (Å²) in [5.41, 5.74) is -0.781. The predicted molar refractivity (Wildman–Crippen MR) is 98.2 cm³/mol. The van der Waals surface area contributed by atoms with Gasteiger partial charge in [0.1, 0.15) is 0 Å².